The summed E-state index contributed by atoms with van der Waals surface area (Å²) in [6.45, 7) is 0. The van der Waals surface area contributed by atoms with Crippen LogP contribution in [0.15, 0.2) is 90.9 Å². The summed E-state index contributed by atoms with van der Waals surface area (Å²) in [7, 11) is -10.4. The second-order valence-electron chi connectivity index (χ2n) is 8.19. The minimum absolute atomic E-state index is 0.0566. The molecule has 17 nitrogen and oxygen atoms in total. The Hall–Kier alpha value is -5.37. The van der Waals surface area contributed by atoms with E-state index in [1.54, 1.807) is 0 Å². The smallest absolute Gasteiger partial charge is 0.337 e. The third-order valence-electron chi connectivity index (χ3n) is 5.52. The molecule has 4 aromatic rings. The number of aromatic hydroxyl groups is 2. The molecule has 0 amide bonds. The number of azo groups is 2. The van der Waals surface area contributed by atoms with Gasteiger partial charge in [0.1, 0.15) is 26.9 Å². The van der Waals surface area contributed by atoms with Gasteiger partial charge >= 0.3 is 5.97 Å². The lowest BCUT2D eigenvalue weighted by molar-refractivity contribution is -0.384. The SMILES string of the molecule is O=C(O)c1ccccc1N=Nc1c(S(=O)(=O)O)cc2cc(S(=O)(=O)O)c(N=Nc3ccc([N+](=O)[O-])cc3)c(O)c2c1O. The number of rotatable bonds is 8. The van der Waals surface area contributed by atoms with E-state index in [1.807, 2.05) is 0 Å². The predicted molar refractivity (Wildman–Crippen MR) is 142 cm³/mol. The largest absolute Gasteiger partial charge is 0.505 e. The maximum atomic E-state index is 12.1. The number of hydrogen-bond acceptors (Lipinski definition) is 13. The average molecular weight is 618 g/mol. The highest BCUT2D eigenvalue weighted by atomic mass is 32.2. The zero-order chi connectivity index (χ0) is 31.0. The quantitative estimate of drug-likeness (QED) is 0.0739. The van der Waals surface area contributed by atoms with Crippen LogP contribution < -0.4 is 0 Å². The van der Waals surface area contributed by atoms with E-state index in [1.165, 1.54) is 18.2 Å². The molecular formula is C23H15N5O12S2. The van der Waals surface area contributed by atoms with Gasteiger partial charge in [-0.25, -0.2) is 4.79 Å². The predicted octanol–water partition coefficient (Wildman–Crippen LogP) is 5.18. The van der Waals surface area contributed by atoms with Gasteiger partial charge in [-0.05, 0) is 41.8 Å². The highest BCUT2D eigenvalue weighted by Crippen LogP contribution is 2.50. The zero-order valence-electron chi connectivity index (χ0n) is 20.4. The van der Waals surface area contributed by atoms with E-state index in [0.29, 0.717) is 12.1 Å². The Balaban J connectivity index is 2.00. The number of hydrogen-bond donors (Lipinski definition) is 5. The van der Waals surface area contributed by atoms with E-state index < -0.39 is 74.6 Å². The molecule has 0 spiro atoms. The lowest BCUT2D eigenvalue weighted by atomic mass is 10.1. The molecule has 4 rings (SSSR count). The lowest BCUT2D eigenvalue weighted by Crippen LogP contribution is -2.02. The molecule has 0 aromatic heterocycles. The Kier molecular flexibility index (Phi) is 7.68. The van der Waals surface area contributed by atoms with Crippen LogP contribution in [0.4, 0.5) is 28.4 Å². The third kappa shape index (κ3) is 5.88. The Bertz CT molecular complexity index is 2060. The number of non-ortho nitro benzene ring substituents is 1. The molecular weight excluding hydrogens is 602 g/mol. The second kappa shape index (κ2) is 10.9. The molecule has 0 heterocycles. The highest BCUT2D eigenvalue weighted by molar-refractivity contribution is 7.86. The molecule has 5 N–H and O–H groups in total. The number of carboxylic acid groups (broad SMARTS) is 1. The summed E-state index contributed by atoms with van der Waals surface area (Å²) in [5.41, 5.74) is -2.90. The summed E-state index contributed by atoms with van der Waals surface area (Å²) in [5.74, 6) is -3.73. The number of aromatic carboxylic acids is 1. The Morgan fingerprint density at radius 2 is 1.26 bits per heavy atom. The molecule has 42 heavy (non-hydrogen) atoms. The minimum Gasteiger partial charge on any atom is -0.505 e. The molecule has 0 saturated heterocycles. The first kappa shape index (κ1) is 29.6. The number of phenols is 2. The monoisotopic (exact) mass is 617 g/mol. The van der Waals surface area contributed by atoms with Crippen LogP contribution in [-0.2, 0) is 20.2 Å². The van der Waals surface area contributed by atoms with Gasteiger partial charge in [-0.3, -0.25) is 19.2 Å². The molecule has 0 aliphatic carbocycles. The maximum Gasteiger partial charge on any atom is 0.337 e. The molecule has 19 heteroatoms. The van der Waals surface area contributed by atoms with Gasteiger partial charge in [-0.2, -0.15) is 21.9 Å². The Morgan fingerprint density at radius 3 is 1.74 bits per heavy atom. The van der Waals surface area contributed by atoms with Crippen LogP contribution in [0.25, 0.3) is 10.8 Å². The first-order valence-electron chi connectivity index (χ1n) is 11.0. The Morgan fingerprint density at radius 1 is 0.762 bits per heavy atom. The number of phenolic OH excluding ortho intramolecular Hbond substituents is 2. The maximum absolute atomic E-state index is 12.1. The lowest BCUT2D eigenvalue weighted by Gasteiger charge is -2.13. The van der Waals surface area contributed by atoms with Crippen molar-refractivity contribution >= 4 is 65.4 Å². The Labute approximate surface area is 234 Å². The van der Waals surface area contributed by atoms with Gasteiger partial charge in [0.15, 0.2) is 11.5 Å². The van der Waals surface area contributed by atoms with Crippen LogP contribution in [0, 0.1) is 10.1 Å². The van der Waals surface area contributed by atoms with Crippen molar-refractivity contribution in [1.82, 2.24) is 0 Å². The molecule has 0 bridgehead atoms. The molecule has 0 radical (unpaired) electrons. The summed E-state index contributed by atoms with van der Waals surface area (Å²) < 4.78 is 68.0. The summed E-state index contributed by atoms with van der Waals surface area (Å²) in [6, 6.07) is 10.7. The van der Waals surface area contributed by atoms with Crippen LogP contribution in [0.3, 0.4) is 0 Å². The topological polar surface area (TPSA) is 279 Å². The summed E-state index contributed by atoms with van der Waals surface area (Å²) in [5, 5.41) is 55.4. The van der Waals surface area contributed by atoms with Crippen molar-refractivity contribution in [3.05, 3.63) is 76.3 Å². The fourth-order valence-corrected chi connectivity index (χ4v) is 4.96. The van der Waals surface area contributed by atoms with Crippen LogP contribution in [0.1, 0.15) is 10.4 Å². The summed E-state index contributed by atoms with van der Waals surface area (Å²) in [6.07, 6.45) is 0. The molecule has 0 atom stereocenters. The third-order valence-corrected chi connectivity index (χ3v) is 7.26. The van der Waals surface area contributed by atoms with Crippen molar-refractivity contribution < 1.29 is 51.0 Å². The van der Waals surface area contributed by atoms with Crippen LogP contribution in [-0.4, -0.2) is 52.2 Å². The summed E-state index contributed by atoms with van der Waals surface area (Å²) >= 11 is 0. The van der Waals surface area contributed by atoms with E-state index in [9.17, 15) is 56.2 Å². The molecule has 0 aliphatic heterocycles. The fraction of sp³-hybridized carbons (Fsp3) is 0. The standard InChI is InChI=1S/C23H15N5O12S2/c29-21-18-11(9-16(41(35,36)37)19(21)26-24-12-5-7-13(8-6-12)28(33)34)10-17(42(38,39)40)20(22(18)30)27-25-15-4-2-1-3-14(15)23(31)32/h1-10,29-30H,(H,31,32)(H,35,36,37)(H,38,39,40). The fourth-order valence-electron chi connectivity index (χ4n) is 3.64. The van der Waals surface area contributed by atoms with Crippen molar-refractivity contribution in [2.45, 2.75) is 9.79 Å². The first-order valence-corrected chi connectivity index (χ1v) is 13.9. The van der Waals surface area contributed by atoms with Crippen molar-refractivity contribution in [3.63, 3.8) is 0 Å². The summed E-state index contributed by atoms with van der Waals surface area (Å²) in [4.78, 5) is 19.4. The molecule has 216 valence electrons. The zero-order valence-corrected chi connectivity index (χ0v) is 22.1. The van der Waals surface area contributed by atoms with Gasteiger partial charge in [0.05, 0.1) is 21.6 Å². The second-order valence-corrected chi connectivity index (χ2v) is 11.0. The molecule has 0 fully saturated rings. The number of benzene rings is 4. The van der Waals surface area contributed by atoms with Gasteiger partial charge in [-0.1, -0.05) is 12.1 Å². The van der Waals surface area contributed by atoms with E-state index in [-0.39, 0.29) is 22.6 Å². The number of fused-ring (bicyclic) bond motifs is 1. The van der Waals surface area contributed by atoms with E-state index in [0.717, 1.165) is 30.3 Å². The van der Waals surface area contributed by atoms with Crippen LogP contribution >= 0.6 is 0 Å². The van der Waals surface area contributed by atoms with Gasteiger partial charge in [0.2, 0.25) is 0 Å². The van der Waals surface area contributed by atoms with Gasteiger partial charge < -0.3 is 15.3 Å². The van der Waals surface area contributed by atoms with Crippen LogP contribution in [0.5, 0.6) is 11.5 Å². The van der Waals surface area contributed by atoms with Gasteiger partial charge in [0, 0.05) is 12.1 Å². The van der Waals surface area contributed by atoms with E-state index in [2.05, 4.69) is 20.5 Å². The van der Waals surface area contributed by atoms with Gasteiger partial charge in [0.25, 0.3) is 25.9 Å². The number of nitro groups is 1. The minimum atomic E-state index is -5.22. The number of nitrogens with zero attached hydrogens (tertiary/aromatic N) is 5. The first-order chi connectivity index (χ1) is 19.6. The molecule has 0 unspecified atom stereocenters. The normalized spacial score (nSPS) is 12.3. The van der Waals surface area contributed by atoms with Crippen molar-refractivity contribution in [2.24, 2.45) is 20.5 Å². The van der Waals surface area contributed by atoms with Crippen molar-refractivity contribution in [2.75, 3.05) is 0 Å². The highest BCUT2D eigenvalue weighted by Gasteiger charge is 2.29. The molecule has 0 saturated carbocycles. The molecule has 4 aromatic carbocycles. The van der Waals surface area contributed by atoms with Gasteiger partial charge in [-0.15, -0.1) is 15.3 Å². The average Bonchev–Trinajstić information content (AvgIpc) is 2.90. The number of nitro benzene ring substituents is 1. The number of carbonyl (C=O) groups is 1. The molecule has 0 aliphatic rings. The van der Waals surface area contributed by atoms with Crippen LogP contribution in [0.2, 0.25) is 0 Å². The van der Waals surface area contributed by atoms with Crippen molar-refractivity contribution in [1.29, 1.82) is 0 Å². The van der Waals surface area contributed by atoms with Crippen molar-refractivity contribution in [3.8, 4) is 11.5 Å². The van der Waals surface area contributed by atoms with E-state index >= 15 is 0 Å². The van der Waals surface area contributed by atoms with E-state index in [4.69, 9.17) is 0 Å². The number of carboxylic acids is 1.